The minimum Gasteiger partial charge on any atom is -0.494 e. The molecule has 4 aromatic rings. The molecule has 0 saturated heterocycles. The molecule has 0 fully saturated rings. The summed E-state index contributed by atoms with van der Waals surface area (Å²) in [5.74, 6) is 0.672. The molecule has 0 saturated carbocycles. The molecule has 4 rings (SSSR count). The summed E-state index contributed by atoms with van der Waals surface area (Å²) in [4.78, 5) is 12.4. The number of nitrogens with one attached hydrogen (secondary N) is 1. The summed E-state index contributed by atoms with van der Waals surface area (Å²) in [5.41, 5.74) is 4.26. The van der Waals surface area contributed by atoms with E-state index in [0.29, 0.717) is 33.7 Å². The summed E-state index contributed by atoms with van der Waals surface area (Å²) < 4.78 is 32.2. The third-order valence-corrected chi connectivity index (χ3v) is 6.14. The molecule has 9 heteroatoms. The number of furan rings is 1. The van der Waals surface area contributed by atoms with E-state index >= 15 is 0 Å². The standard InChI is InChI=1S/C25H19BrFIN2O4/c1-2-32-18-7-8-22-17(11-18)12-23(34-22)25(31)30-29-13-15-9-19(26)24(21(28)10-15)33-14-16-5-3-4-6-20(16)27/h3-13H,2,14H2,1H3,(H,30,31)/b29-13+. The molecule has 1 amide bonds. The molecule has 1 N–H and O–H groups in total. The Bertz CT molecular complexity index is 1350. The van der Waals surface area contributed by atoms with Crippen LogP contribution in [0.3, 0.4) is 0 Å². The lowest BCUT2D eigenvalue weighted by molar-refractivity contribution is 0.0929. The SMILES string of the molecule is CCOc1ccc2oc(C(=O)N/N=C/c3cc(Br)c(OCc4ccccc4F)c(I)c3)cc2c1. The van der Waals surface area contributed by atoms with Crippen molar-refractivity contribution in [3.05, 3.63) is 91.4 Å². The molecule has 0 bridgehead atoms. The van der Waals surface area contributed by atoms with E-state index in [2.05, 4.69) is 49.0 Å². The molecule has 34 heavy (non-hydrogen) atoms. The van der Waals surface area contributed by atoms with Gasteiger partial charge in [-0.25, -0.2) is 9.82 Å². The Kier molecular flexibility index (Phi) is 7.84. The van der Waals surface area contributed by atoms with Gasteiger partial charge in [-0.3, -0.25) is 4.79 Å². The maximum atomic E-state index is 13.8. The number of benzene rings is 3. The molecule has 174 valence electrons. The number of halogens is 3. The number of hydrazone groups is 1. The van der Waals surface area contributed by atoms with Gasteiger partial charge < -0.3 is 13.9 Å². The van der Waals surface area contributed by atoms with Gasteiger partial charge >= 0.3 is 5.91 Å². The van der Waals surface area contributed by atoms with Gasteiger partial charge in [0.2, 0.25) is 0 Å². The van der Waals surface area contributed by atoms with Crippen LogP contribution in [-0.2, 0) is 6.61 Å². The van der Waals surface area contributed by atoms with Crippen molar-refractivity contribution in [2.24, 2.45) is 5.10 Å². The maximum absolute atomic E-state index is 13.8. The van der Waals surface area contributed by atoms with Crippen LogP contribution in [0.5, 0.6) is 11.5 Å². The van der Waals surface area contributed by atoms with Crippen molar-refractivity contribution in [2.75, 3.05) is 6.61 Å². The van der Waals surface area contributed by atoms with Gasteiger partial charge in [0.05, 0.1) is 20.9 Å². The second kappa shape index (κ2) is 11.0. The highest BCUT2D eigenvalue weighted by Crippen LogP contribution is 2.32. The van der Waals surface area contributed by atoms with Gasteiger partial charge in [-0.15, -0.1) is 0 Å². The average molecular weight is 637 g/mol. The minimum atomic E-state index is -0.469. The van der Waals surface area contributed by atoms with Crippen LogP contribution in [0.15, 0.2) is 74.7 Å². The van der Waals surface area contributed by atoms with Crippen LogP contribution in [0.4, 0.5) is 4.39 Å². The van der Waals surface area contributed by atoms with E-state index in [1.54, 1.807) is 42.5 Å². The number of amides is 1. The highest BCUT2D eigenvalue weighted by molar-refractivity contribution is 14.1. The smallest absolute Gasteiger partial charge is 0.307 e. The van der Waals surface area contributed by atoms with Crippen LogP contribution in [0.2, 0.25) is 0 Å². The number of carbonyl (C=O) groups excluding carboxylic acids is 1. The van der Waals surface area contributed by atoms with Crippen LogP contribution >= 0.6 is 38.5 Å². The first-order valence-corrected chi connectivity index (χ1v) is 12.2. The van der Waals surface area contributed by atoms with Crippen molar-refractivity contribution in [3.8, 4) is 11.5 Å². The maximum Gasteiger partial charge on any atom is 0.307 e. The first-order chi connectivity index (χ1) is 16.4. The number of nitrogens with zero attached hydrogens (tertiary/aromatic N) is 1. The lowest BCUT2D eigenvalue weighted by atomic mass is 10.2. The van der Waals surface area contributed by atoms with Crippen molar-refractivity contribution in [1.82, 2.24) is 5.43 Å². The summed E-state index contributed by atoms with van der Waals surface area (Å²) in [6, 6.07) is 17.1. The summed E-state index contributed by atoms with van der Waals surface area (Å²) >= 11 is 5.62. The Morgan fingerprint density at radius 3 is 2.76 bits per heavy atom. The van der Waals surface area contributed by atoms with Gasteiger partial charge in [-0.1, -0.05) is 18.2 Å². The number of hydrogen-bond donors (Lipinski definition) is 1. The zero-order valence-electron chi connectivity index (χ0n) is 18.0. The van der Waals surface area contributed by atoms with Gasteiger partial charge in [0, 0.05) is 10.9 Å². The van der Waals surface area contributed by atoms with Gasteiger partial charge in [-0.2, -0.15) is 5.10 Å². The third kappa shape index (κ3) is 5.76. The van der Waals surface area contributed by atoms with Crippen LogP contribution in [0.1, 0.15) is 28.6 Å². The Labute approximate surface area is 217 Å². The number of rotatable bonds is 8. The number of carbonyl (C=O) groups is 1. The van der Waals surface area contributed by atoms with E-state index in [1.165, 1.54) is 12.3 Å². The molecule has 0 aliphatic carbocycles. The lowest BCUT2D eigenvalue weighted by Crippen LogP contribution is -2.16. The molecule has 0 aliphatic heterocycles. The third-order valence-electron chi connectivity index (χ3n) is 4.75. The molecular formula is C25H19BrFIN2O4. The predicted octanol–water partition coefficient (Wildman–Crippen LogP) is 6.68. The highest BCUT2D eigenvalue weighted by atomic mass is 127. The second-order valence-corrected chi connectivity index (χ2v) is 9.15. The Hall–Kier alpha value is -2.92. The van der Waals surface area contributed by atoms with E-state index in [0.717, 1.165) is 14.5 Å². The molecule has 6 nitrogen and oxygen atoms in total. The van der Waals surface area contributed by atoms with Crippen molar-refractivity contribution in [3.63, 3.8) is 0 Å². The fourth-order valence-corrected chi connectivity index (χ4v) is 4.94. The van der Waals surface area contributed by atoms with Crippen LogP contribution < -0.4 is 14.9 Å². The van der Waals surface area contributed by atoms with E-state index in [-0.39, 0.29) is 18.2 Å². The van der Waals surface area contributed by atoms with Gasteiger partial charge in [0.25, 0.3) is 0 Å². The van der Waals surface area contributed by atoms with E-state index in [4.69, 9.17) is 13.9 Å². The predicted molar refractivity (Wildman–Crippen MR) is 140 cm³/mol. The van der Waals surface area contributed by atoms with Crippen LogP contribution in [0, 0.1) is 9.39 Å². The normalized spacial score (nSPS) is 11.2. The molecule has 0 unspecified atom stereocenters. The van der Waals surface area contributed by atoms with Crippen molar-refractivity contribution < 1.29 is 23.1 Å². The topological polar surface area (TPSA) is 73.1 Å². The summed E-state index contributed by atoms with van der Waals surface area (Å²) in [6.45, 7) is 2.57. The molecule has 1 aromatic heterocycles. The quantitative estimate of drug-likeness (QED) is 0.133. The van der Waals surface area contributed by atoms with Crippen molar-refractivity contribution in [1.29, 1.82) is 0 Å². The molecular weight excluding hydrogens is 618 g/mol. The summed E-state index contributed by atoms with van der Waals surface area (Å²) in [6.07, 6.45) is 1.52. The van der Waals surface area contributed by atoms with Crippen LogP contribution in [-0.4, -0.2) is 18.7 Å². The monoisotopic (exact) mass is 636 g/mol. The molecule has 0 aliphatic rings. The largest absolute Gasteiger partial charge is 0.494 e. The molecule has 3 aromatic carbocycles. The first-order valence-electron chi connectivity index (χ1n) is 10.3. The Morgan fingerprint density at radius 2 is 2.00 bits per heavy atom. The number of hydrogen-bond acceptors (Lipinski definition) is 5. The van der Waals surface area contributed by atoms with Gasteiger partial charge in [0.1, 0.15) is 29.5 Å². The summed E-state index contributed by atoms with van der Waals surface area (Å²) in [7, 11) is 0. The van der Waals surface area contributed by atoms with E-state index < -0.39 is 5.91 Å². The summed E-state index contributed by atoms with van der Waals surface area (Å²) in [5, 5.41) is 4.80. The molecule has 0 radical (unpaired) electrons. The molecule has 0 atom stereocenters. The fourth-order valence-electron chi connectivity index (χ4n) is 3.17. The van der Waals surface area contributed by atoms with Crippen LogP contribution in [0.25, 0.3) is 11.0 Å². The van der Waals surface area contributed by atoms with Gasteiger partial charge in [0.15, 0.2) is 5.76 Å². The van der Waals surface area contributed by atoms with Gasteiger partial charge in [-0.05, 0) is 93.5 Å². The zero-order chi connectivity index (χ0) is 24.1. The fraction of sp³-hybridized carbons (Fsp3) is 0.120. The number of fused-ring (bicyclic) bond motifs is 1. The highest BCUT2D eigenvalue weighted by Gasteiger charge is 2.13. The Balaban J connectivity index is 1.41. The Morgan fingerprint density at radius 1 is 1.18 bits per heavy atom. The van der Waals surface area contributed by atoms with E-state index in [1.807, 2.05) is 19.1 Å². The molecule has 0 spiro atoms. The average Bonchev–Trinajstić information content (AvgIpc) is 3.23. The van der Waals surface area contributed by atoms with E-state index in [9.17, 15) is 9.18 Å². The zero-order valence-corrected chi connectivity index (χ0v) is 21.7. The molecule has 1 heterocycles. The van der Waals surface area contributed by atoms with Crippen molar-refractivity contribution >= 4 is 61.6 Å². The first kappa shape index (κ1) is 24.2. The number of ether oxygens (including phenoxy) is 2. The van der Waals surface area contributed by atoms with Crippen molar-refractivity contribution in [2.45, 2.75) is 13.5 Å². The second-order valence-electron chi connectivity index (χ2n) is 7.14. The minimum absolute atomic E-state index is 0.105. The lowest BCUT2D eigenvalue weighted by Gasteiger charge is -2.12.